The highest BCUT2D eigenvalue weighted by molar-refractivity contribution is 6.50. The van der Waals surface area contributed by atoms with Crippen LogP contribution < -0.4 is 0 Å². The van der Waals surface area contributed by atoms with Crippen LogP contribution in [0, 0.1) is 5.92 Å². The van der Waals surface area contributed by atoms with E-state index in [0.717, 1.165) is 12.8 Å². The van der Waals surface area contributed by atoms with Crippen molar-refractivity contribution in [2.24, 2.45) is 5.92 Å². The molecule has 0 spiro atoms. The summed E-state index contributed by atoms with van der Waals surface area (Å²) >= 11 is 0. The fraction of sp³-hybridized carbons (Fsp3) is 0.533. The van der Waals surface area contributed by atoms with Crippen molar-refractivity contribution >= 4 is 19.0 Å². The van der Waals surface area contributed by atoms with Crippen molar-refractivity contribution < 1.29 is 23.6 Å². The highest BCUT2D eigenvalue weighted by Gasteiger charge is 2.53. The van der Waals surface area contributed by atoms with E-state index in [1.165, 1.54) is 22.3 Å². The van der Waals surface area contributed by atoms with E-state index in [9.17, 15) is 9.59 Å². The number of ketones is 1. The molecule has 0 aromatic heterocycles. The van der Waals surface area contributed by atoms with Crippen molar-refractivity contribution in [2.75, 3.05) is 6.61 Å². The molecule has 0 radical (unpaired) electrons. The topological polar surface area (TPSA) is 65.1 Å². The molecule has 37 heavy (non-hydrogen) atoms. The number of piperidine rings is 1. The van der Waals surface area contributed by atoms with E-state index in [0.29, 0.717) is 19.4 Å². The minimum absolute atomic E-state index is 0.0491. The number of rotatable bonds is 5. The van der Waals surface area contributed by atoms with Gasteiger partial charge in [0.25, 0.3) is 0 Å². The molecule has 1 aliphatic carbocycles. The highest BCUT2D eigenvalue weighted by atomic mass is 16.7. The maximum Gasteiger partial charge on any atom is 0.465 e. The Bertz CT molecular complexity index is 1150. The third-order valence-corrected chi connectivity index (χ3v) is 9.41. The Balaban J connectivity index is 1.08. The first-order chi connectivity index (χ1) is 17.6. The number of nitrogens with zero attached hydrogens (tertiary/aromatic N) is 1. The van der Waals surface area contributed by atoms with Crippen molar-refractivity contribution in [2.45, 2.75) is 88.9 Å². The Morgan fingerprint density at radius 1 is 0.892 bits per heavy atom. The number of carbonyl (C=O) groups excluding carboxylic acids is 2. The summed E-state index contributed by atoms with van der Waals surface area (Å²) in [6, 6.07) is 16.9. The lowest BCUT2D eigenvalue weighted by Gasteiger charge is -2.38. The molecule has 2 aromatic carbocycles. The first-order valence-electron chi connectivity index (χ1n) is 13.7. The van der Waals surface area contributed by atoms with Gasteiger partial charge in [-0.3, -0.25) is 4.79 Å². The van der Waals surface area contributed by atoms with Crippen molar-refractivity contribution in [3.63, 3.8) is 0 Å². The molecule has 2 unspecified atom stereocenters. The first kappa shape index (κ1) is 24.7. The lowest BCUT2D eigenvalue weighted by atomic mass is 9.75. The maximum atomic E-state index is 13.3. The largest absolute Gasteiger partial charge is 0.465 e. The number of fused-ring (bicyclic) bond motifs is 5. The number of hydrogen-bond acceptors (Lipinski definition) is 5. The van der Waals surface area contributed by atoms with Crippen LogP contribution in [0.4, 0.5) is 4.79 Å². The molecule has 4 aliphatic rings. The van der Waals surface area contributed by atoms with Gasteiger partial charge in [0, 0.05) is 30.2 Å². The van der Waals surface area contributed by atoms with Crippen LogP contribution in [0.15, 0.2) is 48.5 Å². The average Bonchev–Trinajstić information content (AvgIpc) is 3.40. The predicted molar refractivity (Wildman–Crippen MR) is 142 cm³/mol. The van der Waals surface area contributed by atoms with E-state index >= 15 is 0 Å². The van der Waals surface area contributed by atoms with Gasteiger partial charge in [0.05, 0.1) is 11.2 Å². The quantitative estimate of drug-likeness (QED) is 0.482. The molecule has 1 amide bonds. The molecule has 7 heteroatoms. The molecule has 0 saturated carbocycles. The van der Waals surface area contributed by atoms with Gasteiger partial charge in [0.1, 0.15) is 12.4 Å². The van der Waals surface area contributed by atoms with Crippen LogP contribution in [0.5, 0.6) is 0 Å². The zero-order valence-electron chi connectivity index (χ0n) is 22.2. The zero-order valence-corrected chi connectivity index (χ0v) is 22.2. The van der Waals surface area contributed by atoms with Crippen molar-refractivity contribution in [1.29, 1.82) is 0 Å². The summed E-state index contributed by atoms with van der Waals surface area (Å²) in [7, 11) is -0.504. The van der Waals surface area contributed by atoms with Crippen molar-refractivity contribution in [3.05, 3.63) is 59.7 Å². The van der Waals surface area contributed by atoms with Gasteiger partial charge in [-0.15, -0.1) is 0 Å². The van der Waals surface area contributed by atoms with Gasteiger partial charge in [-0.1, -0.05) is 48.5 Å². The fourth-order valence-electron chi connectivity index (χ4n) is 6.79. The summed E-state index contributed by atoms with van der Waals surface area (Å²) in [4.78, 5) is 28.4. The molecular weight excluding hydrogens is 465 g/mol. The van der Waals surface area contributed by atoms with Gasteiger partial charge in [0.2, 0.25) is 0 Å². The van der Waals surface area contributed by atoms with Gasteiger partial charge in [-0.25, -0.2) is 4.79 Å². The Morgan fingerprint density at radius 2 is 1.41 bits per heavy atom. The Hall–Kier alpha value is -2.64. The summed E-state index contributed by atoms with van der Waals surface area (Å²) in [5, 5.41) is 0. The minimum Gasteiger partial charge on any atom is -0.448 e. The van der Waals surface area contributed by atoms with Crippen LogP contribution in [0.25, 0.3) is 11.1 Å². The second-order valence-corrected chi connectivity index (χ2v) is 12.1. The summed E-state index contributed by atoms with van der Waals surface area (Å²) in [6.07, 6.45) is 3.26. The maximum absolute atomic E-state index is 13.3. The number of ether oxygens (including phenoxy) is 1. The normalized spacial score (nSPS) is 27.2. The predicted octanol–water partition coefficient (Wildman–Crippen LogP) is 5.84. The summed E-state index contributed by atoms with van der Waals surface area (Å²) in [5.41, 5.74) is 3.99. The van der Waals surface area contributed by atoms with E-state index < -0.39 is 18.3 Å². The fourth-order valence-corrected chi connectivity index (χ4v) is 6.79. The zero-order chi connectivity index (χ0) is 25.9. The summed E-state index contributed by atoms with van der Waals surface area (Å²) in [6.45, 7) is 8.34. The number of benzene rings is 2. The molecule has 2 bridgehead atoms. The smallest absolute Gasteiger partial charge is 0.448 e. The number of carbonyl (C=O) groups is 2. The van der Waals surface area contributed by atoms with Crippen molar-refractivity contribution in [3.8, 4) is 11.1 Å². The van der Waals surface area contributed by atoms with Gasteiger partial charge < -0.3 is 18.9 Å². The van der Waals surface area contributed by atoms with Crippen LogP contribution in [0.2, 0.25) is 6.32 Å². The molecule has 2 atom stereocenters. The van der Waals surface area contributed by atoms with Crippen LogP contribution in [0.1, 0.15) is 70.4 Å². The minimum atomic E-state index is -0.504. The van der Waals surface area contributed by atoms with Crippen molar-refractivity contribution in [1.82, 2.24) is 4.90 Å². The van der Waals surface area contributed by atoms with Crippen LogP contribution in [0.3, 0.4) is 0 Å². The Morgan fingerprint density at radius 3 is 1.95 bits per heavy atom. The average molecular weight is 501 g/mol. The van der Waals surface area contributed by atoms with Crippen LogP contribution in [-0.4, -0.2) is 53.8 Å². The van der Waals surface area contributed by atoms with Crippen LogP contribution in [-0.2, 0) is 18.8 Å². The molecule has 0 N–H and O–H groups in total. The first-order valence-corrected chi connectivity index (χ1v) is 13.7. The van der Waals surface area contributed by atoms with Gasteiger partial charge in [-0.2, -0.15) is 0 Å². The van der Waals surface area contributed by atoms with Gasteiger partial charge in [0.15, 0.2) is 0 Å². The van der Waals surface area contributed by atoms with E-state index in [-0.39, 0.29) is 42.1 Å². The lowest BCUT2D eigenvalue weighted by Crippen LogP contribution is -2.48. The van der Waals surface area contributed by atoms with Crippen LogP contribution >= 0.6 is 0 Å². The molecular formula is C30H36BNO5. The van der Waals surface area contributed by atoms with E-state index in [2.05, 4.69) is 36.4 Å². The molecule has 3 saturated heterocycles. The van der Waals surface area contributed by atoms with E-state index in [1.807, 2.05) is 44.7 Å². The summed E-state index contributed by atoms with van der Waals surface area (Å²) < 4.78 is 18.1. The number of amides is 1. The second kappa shape index (κ2) is 8.99. The number of Topliss-reactive ketones (excluding diaryl/α,β-unsaturated/α-hetero) is 1. The molecule has 3 fully saturated rings. The van der Waals surface area contributed by atoms with Gasteiger partial charge >= 0.3 is 13.2 Å². The van der Waals surface area contributed by atoms with Gasteiger partial charge in [-0.05, 0) is 75.6 Å². The second-order valence-electron chi connectivity index (χ2n) is 12.1. The molecule has 6 rings (SSSR count). The third-order valence-electron chi connectivity index (χ3n) is 9.41. The third kappa shape index (κ3) is 4.20. The lowest BCUT2D eigenvalue weighted by molar-refractivity contribution is -0.123. The summed E-state index contributed by atoms with van der Waals surface area (Å²) in [5.74, 6) is 0.171. The molecule has 3 heterocycles. The van der Waals surface area contributed by atoms with E-state index in [4.69, 9.17) is 14.0 Å². The monoisotopic (exact) mass is 501 g/mol. The molecule has 3 aliphatic heterocycles. The SMILES string of the molecule is CC1(C)OB(CC(=O)C2CC3CCC(C2)N3C(=O)OCC2c3ccccc3-c3ccccc32)OC1(C)C. The molecule has 194 valence electrons. The molecule has 6 nitrogen and oxygen atoms in total. The van der Waals surface area contributed by atoms with E-state index in [1.54, 1.807) is 0 Å². The molecule has 2 aromatic rings. The Labute approximate surface area is 219 Å². The standard InChI is InChI=1S/C30H36BNO5/c1-29(2)30(3,4)37-31(36-29)17-27(33)19-15-20-13-14-21(16-19)32(20)28(34)35-18-26-24-11-7-5-9-22(24)23-10-6-8-12-25(23)26/h5-12,19-21,26H,13-18H2,1-4H3. The highest BCUT2D eigenvalue weighted by Crippen LogP contribution is 2.45. The number of hydrogen-bond donors (Lipinski definition) is 0. The Kier molecular flexibility index (Phi) is 6.00.